The Labute approximate surface area is 177 Å². The first-order valence-electron chi connectivity index (χ1n) is 10.2. The van der Waals surface area contributed by atoms with E-state index < -0.39 is 6.29 Å². The molecule has 1 atom stereocenters. The number of rotatable bonds is 5. The molecular weight excluding hydrogens is 380 g/mol. The molecule has 0 aliphatic carbocycles. The van der Waals surface area contributed by atoms with Crippen molar-refractivity contribution in [3.8, 4) is 5.75 Å². The van der Waals surface area contributed by atoms with Crippen LogP contribution in [0, 0.1) is 0 Å². The SMILES string of the molecule is CCc1ccc(NC2N=C(N)N=C(N3CCOCC3)N2c2cccc(OC)c2)cc1. The number of aliphatic imine (C=N–C) groups is 2. The highest BCUT2D eigenvalue weighted by atomic mass is 16.5. The normalized spacial score (nSPS) is 19.2. The van der Waals surface area contributed by atoms with E-state index in [0.717, 1.165) is 42.6 Å². The molecule has 0 amide bonds. The van der Waals surface area contributed by atoms with Gasteiger partial charge in [0.25, 0.3) is 0 Å². The Morgan fingerprint density at radius 1 is 1.17 bits per heavy atom. The lowest BCUT2D eigenvalue weighted by atomic mass is 10.1. The van der Waals surface area contributed by atoms with E-state index in [2.05, 4.69) is 56.3 Å². The predicted octanol–water partition coefficient (Wildman–Crippen LogP) is 2.48. The lowest BCUT2D eigenvalue weighted by Crippen LogP contribution is -2.57. The van der Waals surface area contributed by atoms with Crippen LogP contribution in [0.1, 0.15) is 12.5 Å². The zero-order chi connectivity index (χ0) is 20.9. The van der Waals surface area contributed by atoms with E-state index in [9.17, 15) is 0 Å². The molecule has 8 heteroatoms. The Balaban J connectivity index is 1.70. The fraction of sp³-hybridized carbons (Fsp3) is 0.364. The van der Waals surface area contributed by atoms with Crippen LogP contribution in [0.15, 0.2) is 58.5 Å². The van der Waals surface area contributed by atoms with Crippen molar-refractivity contribution >= 4 is 23.3 Å². The molecule has 30 heavy (non-hydrogen) atoms. The summed E-state index contributed by atoms with van der Waals surface area (Å²) in [5.74, 6) is 1.77. The maximum atomic E-state index is 6.13. The Morgan fingerprint density at radius 3 is 2.63 bits per heavy atom. The highest BCUT2D eigenvalue weighted by Crippen LogP contribution is 2.27. The van der Waals surface area contributed by atoms with Crippen molar-refractivity contribution in [3.05, 3.63) is 54.1 Å². The van der Waals surface area contributed by atoms with Gasteiger partial charge in [-0.3, -0.25) is 4.90 Å². The largest absolute Gasteiger partial charge is 0.497 e. The minimum absolute atomic E-state index is 0.248. The van der Waals surface area contributed by atoms with Gasteiger partial charge in [0.2, 0.25) is 18.2 Å². The Morgan fingerprint density at radius 2 is 1.93 bits per heavy atom. The zero-order valence-corrected chi connectivity index (χ0v) is 17.4. The summed E-state index contributed by atoms with van der Waals surface area (Å²) in [6.45, 7) is 4.93. The highest BCUT2D eigenvalue weighted by molar-refractivity contribution is 6.06. The topological polar surface area (TPSA) is 87.7 Å². The van der Waals surface area contributed by atoms with E-state index in [4.69, 9.17) is 15.2 Å². The molecule has 0 saturated carbocycles. The molecule has 4 rings (SSSR count). The molecule has 1 unspecified atom stereocenters. The number of anilines is 2. The fourth-order valence-electron chi connectivity index (χ4n) is 3.56. The first kappa shape index (κ1) is 20.0. The molecule has 158 valence electrons. The summed E-state index contributed by atoms with van der Waals surface area (Å²) in [7, 11) is 1.66. The summed E-state index contributed by atoms with van der Waals surface area (Å²) in [6.07, 6.45) is 0.554. The molecule has 0 radical (unpaired) electrons. The van der Waals surface area contributed by atoms with Crippen LogP contribution in [0.4, 0.5) is 11.4 Å². The number of morpholine rings is 1. The van der Waals surface area contributed by atoms with E-state index in [0.29, 0.717) is 13.2 Å². The standard InChI is InChI=1S/C22H28N6O2/c1-3-16-7-9-17(10-8-16)24-21-25-20(23)26-22(27-11-13-30-14-12-27)28(21)18-5-4-6-19(15-18)29-2/h4-10,15,21,24H,3,11-14H2,1-2H3,(H2,23,25). The molecule has 0 spiro atoms. The molecule has 0 bridgehead atoms. The molecule has 1 saturated heterocycles. The molecule has 1 fully saturated rings. The summed E-state index contributed by atoms with van der Waals surface area (Å²) in [6, 6.07) is 16.2. The molecule has 0 aromatic heterocycles. The van der Waals surface area contributed by atoms with Gasteiger partial charge < -0.3 is 25.4 Å². The number of nitrogens with zero attached hydrogens (tertiary/aromatic N) is 4. The van der Waals surface area contributed by atoms with Crippen molar-refractivity contribution in [1.29, 1.82) is 0 Å². The Bertz CT molecular complexity index is 921. The molecule has 2 aliphatic heterocycles. The van der Waals surface area contributed by atoms with Gasteiger partial charge in [0.15, 0.2) is 0 Å². The average molecular weight is 409 g/mol. The quantitative estimate of drug-likeness (QED) is 0.790. The number of nitrogens with two attached hydrogens (primary N) is 1. The maximum Gasteiger partial charge on any atom is 0.222 e. The number of ether oxygens (including phenoxy) is 2. The van der Waals surface area contributed by atoms with Crippen molar-refractivity contribution in [2.75, 3.05) is 43.6 Å². The summed E-state index contributed by atoms with van der Waals surface area (Å²) in [5, 5.41) is 3.50. The number of hydrogen-bond acceptors (Lipinski definition) is 8. The van der Waals surface area contributed by atoms with Gasteiger partial charge >= 0.3 is 0 Å². The molecule has 2 aromatic carbocycles. The molecule has 2 aromatic rings. The van der Waals surface area contributed by atoms with E-state index in [1.165, 1.54) is 5.56 Å². The number of methoxy groups -OCH3 is 1. The molecular formula is C22H28N6O2. The summed E-state index contributed by atoms with van der Waals surface area (Å²) >= 11 is 0. The van der Waals surface area contributed by atoms with Crippen LogP contribution in [-0.2, 0) is 11.2 Å². The van der Waals surface area contributed by atoms with Crippen LogP contribution in [-0.4, -0.2) is 56.5 Å². The number of aryl methyl sites for hydroxylation is 1. The predicted molar refractivity (Wildman–Crippen MR) is 120 cm³/mol. The molecule has 2 heterocycles. The van der Waals surface area contributed by atoms with E-state index >= 15 is 0 Å². The first-order chi connectivity index (χ1) is 14.7. The summed E-state index contributed by atoms with van der Waals surface area (Å²) < 4.78 is 11.0. The van der Waals surface area contributed by atoms with Crippen LogP contribution in [0.5, 0.6) is 5.75 Å². The van der Waals surface area contributed by atoms with E-state index in [1.54, 1.807) is 7.11 Å². The second-order valence-corrected chi connectivity index (χ2v) is 7.14. The van der Waals surface area contributed by atoms with Gasteiger partial charge in [-0.15, -0.1) is 0 Å². The van der Waals surface area contributed by atoms with Crippen LogP contribution < -0.4 is 20.7 Å². The number of nitrogens with one attached hydrogen (secondary N) is 1. The second kappa shape index (κ2) is 9.04. The summed E-state index contributed by atoms with van der Waals surface area (Å²) in [4.78, 5) is 13.4. The van der Waals surface area contributed by atoms with Gasteiger partial charge in [-0.2, -0.15) is 4.99 Å². The van der Waals surface area contributed by atoms with Crippen molar-refractivity contribution in [1.82, 2.24) is 4.90 Å². The van der Waals surface area contributed by atoms with Gasteiger partial charge in [-0.05, 0) is 36.2 Å². The second-order valence-electron chi connectivity index (χ2n) is 7.14. The van der Waals surface area contributed by atoms with Crippen molar-refractivity contribution in [2.45, 2.75) is 19.6 Å². The number of guanidine groups is 2. The van der Waals surface area contributed by atoms with Crippen molar-refractivity contribution in [3.63, 3.8) is 0 Å². The third-order valence-corrected chi connectivity index (χ3v) is 5.21. The van der Waals surface area contributed by atoms with Crippen molar-refractivity contribution < 1.29 is 9.47 Å². The molecule has 8 nitrogen and oxygen atoms in total. The maximum absolute atomic E-state index is 6.13. The Kier molecular flexibility index (Phi) is 6.04. The lowest BCUT2D eigenvalue weighted by Gasteiger charge is -2.41. The van der Waals surface area contributed by atoms with Gasteiger partial charge in [0, 0.05) is 24.8 Å². The van der Waals surface area contributed by atoms with Crippen LogP contribution in [0.3, 0.4) is 0 Å². The first-order valence-corrected chi connectivity index (χ1v) is 10.2. The number of benzene rings is 2. The monoisotopic (exact) mass is 408 g/mol. The molecule has 3 N–H and O–H groups in total. The minimum atomic E-state index is -0.445. The van der Waals surface area contributed by atoms with E-state index in [-0.39, 0.29) is 5.96 Å². The van der Waals surface area contributed by atoms with E-state index in [1.807, 2.05) is 24.3 Å². The van der Waals surface area contributed by atoms with Gasteiger partial charge in [0.05, 0.1) is 26.0 Å². The van der Waals surface area contributed by atoms with Crippen LogP contribution in [0.25, 0.3) is 0 Å². The lowest BCUT2D eigenvalue weighted by molar-refractivity contribution is 0.0671. The van der Waals surface area contributed by atoms with Gasteiger partial charge in [-0.25, -0.2) is 4.99 Å². The number of hydrogen-bond donors (Lipinski definition) is 2. The average Bonchev–Trinajstić information content (AvgIpc) is 2.80. The smallest absolute Gasteiger partial charge is 0.222 e. The van der Waals surface area contributed by atoms with Crippen molar-refractivity contribution in [2.24, 2.45) is 15.7 Å². The van der Waals surface area contributed by atoms with Gasteiger partial charge in [0.1, 0.15) is 5.75 Å². The third-order valence-electron chi connectivity index (χ3n) is 5.21. The zero-order valence-electron chi connectivity index (χ0n) is 17.4. The fourth-order valence-corrected chi connectivity index (χ4v) is 3.56. The Hall–Kier alpha value is -3.26. The minimum Gasteiger partial charge on any atom is -0.497 e. The third kappa shape index (κ3) is 4.33. The molecule has 2 aliphatic rings. The summed E-state index contributed by atoms with van der Waals surface area (Å²) in [5.41, 5.74) is 9.29. The van der Waals surface area contributed by atoms with Crippen LogP contribution in [0.2, 0.25) is 0 Å². The van der Waals surface area contributed by atoms with Gasteiger partial charge in [-0.1, -0.05) is 25.1 Å². The van der Waals surface area contributed by atoms with Crippen LogP contribution >= 0.6 is 0 Å². The highest BCUT2D eigenvalue weighted by Gasteiger charge is 2.32.